The van der Waals surface area contributed by atoms with Gasteiger partial charge in [0.25, 0.3) is 5.91 Å². The molecule has 1 aliphatic rings. The lowest BCUT2D eigenvalue weighted by molar-refractivity contribution is 0.0946. The fourth-order valence-electron chi connectivity index (χ4n) is 2.49. The number of aromatic nitrogens is 2. The van der Waals surface area contributed by atoms with E-state index in [2.05, 4.69) is 32.8 Å². The monoisotopic (exact) mass is 297 g/mol. The van der Waals surface area contributed by atoms with E-state index in [1.807, 2.05) is 6.92 Å². The summed E-state index contributed by atoms with van der Waals surface area (Å²) in [6.45, 7) is 4.31. The Hall–Kier alpha value is -1.21. The highest BCUT2D eigenvalue weighted by atomic mass is 32.1. The van der Waals surface area contributed by atoms with Crippen molar-refractivity contribution in [2.24, 2.45) is 0 Å². The van der Waals surface area contributed by atoms with Crippen molar-refractivity contribution >= 4 is 22.4 Å². The summed E-state index contributed by atoms with van der Waals surface area (Å²) in [5.41, 5.74) is 0. The van der Waals surface area contributed by atoms with Crippen molar-refractivity contribution in [2.75, 3.05) is 32.0 Å². The lowest BCUT2D eigenvalue weighted by Gasteiger charge is -2.23. The zero-order valence-electron chi connectivity index (χ0n) is 12.2. The van der Waals surface area contributed by atoms with Gasteiger partial charge in [0.1, 0.15) is 0 Å². The predicted molar refractivity (Wildman–Crippen MR) is 81.3 cm³/mol. The van der Waals surface area contributed by atoms with Crippen LogP contribution in [-0.2, 0) is 0 Å². The summed E-state index contributed by atoms with van der Waals surface area (Å²) in [6.07, 6.45) is 5.23. The molecule has 1 fully saturated rings. The maximum atomic E-state index is 11.9. The van der Waals surface area contributed by atoms with Crippen LogP contribution in [0.2, 0.25) is 0 Å². The Morgan fingerprint density at radius 3 is 2.85 bits per heavy atom. The molecule has 0 aromatic carbocycles. The molecule has 1 heterocycles. The van der Waals surface area contributed by atoms with Crippen LogP contribution < -0.4 is 10.6 Å². The fourth-order valence-corrected chi connectivity index (χ4v) is 3.21. The van der Waals surface area contributed by atoms with Gasteiger partial charge in [-0.15, -0.1) is 10.2 Å². The Morgan fingerprint density at radius 1 is 1.40 bits per heavy atom. The topological polar surface area (TPSA) is 70.1 Å². The van der Waals surface area contributed by atoms with E-state index in [0.29, 0.717) is 22.7 Å². The van der Waals surface area contributed by atoms with Crippen LogP contribution in [-0.4, -0.2) is 53.7 Å². The molecular formula is C13H23N5OS. The van der Waals surface area contributed by atoms with E-state index in [0.717, 1.165) is 13.1 Å². The molecule has 0 spiro atoms. The summed E-state index contributed by atoms with van der Waals surface area (Å²) < 4.78 is 0. The second-order valence-electron chi connectivity index (χ2n) is 5.12. The van der Waals surface area contributed by atoms with Crippen molar-refractivity contribution in [2.45, 2.75) is 38.6 Å². The zero-order chi connectivity index (χ0) is 14.4. The molecule has 1 saturated carbocycles. The van der Waals surface area contributed by atoms with Gasteiger partial charge in [-0.3, -0.25) is 4.79 Å². The second-order valence-corrected chi connectivity index (χ2v) is 6.10. The predicted octanol–water partition coefficient (Wildman–Crippen LogP) is 1.57. The third-order valence-electron chi connectivity index (χ3n) is 3.65. The van der Waals surface area contributed by atoms with Gasteiger partial charge >= 0.3 is 0 Å². The molecule has 1 aliphatic carbocycles. The fraction of sp³-hybridized carbons (Fsp3) is 0.769. The third-order valence-corrected chi connectivity index (χ3v) is 4.53. The van der Waals surface area contributed by atoms with Gasteiger partial charge in [-0.05, 0) is 26.8 Å². The molecular weight excluding hydrogens is 274 g/mol. The molecule has 0 unspecified atom stereocenters. The van der Waals surface area contributed by atoms with E-state index < -0.39 is 0 Å². The summed E-state index contributed by atoms with van der Waals surface area (Å²) in [6, 6.07) is 0.689. The number of carbonyl (C=O) groups is 1. The molecule has 0 radical (unpaired) electrons. The molecule has 7 heteroatoms. The quantitative estimate of drug-likeness (QED) is 0.799. The molecule has 2 N–H and O–H groups in total. The molecule has 0 atom stereocenters. The van der Waals surface area contributed by atoms with Crippen LogP contribution in [0.4, 0.5) is 5.13 Å². The minimum Gasteiger partial charge on any atom is -0.360 e. The molecule has 6 nitrogen and oxygen atoms in total. The molecule has 1 aromatic rings. The Kier molecular flexibility index (Phi) is 5.72. The number of hydrogen-bond donors (Lipinski definition) is 2. The van der Waals surface area contributed by atoms with Crippen molar-refractivity contribution in [1.82, 2.24) is 20.4 Å². The van der Waals surface area contributed by atoms with Gasteiger partial charge in [0.2, 0.25) is 10.1 Å². The molecule has 0 saturated heterocycles. The van der Waals surface area contributed by atoms with Crippen LogP contribution in [0.15, 0.2) is 0 Å². The van der Waals surface area contributed by atoms with Crippen LogP contribution in [0, 0.1) is 0 Å². The normalized spacial score (nSPS) is 15.8. The molecule has 112 valence electrons. The summed E-state index contributed by atoms with van der Waals surface area (Å²) in [5, 5.41) is 14.9. The average Bonchev–Trinajstić information content (AvgIpc) is 3.10. The highest BCUT2D eigenvalue weighted by Crippen LogP contribution is 2.21. The van der Waals surface area contributed by atoms with Crippen LogP contribution >= 0.6 is 11.3 Å². The second kappa shape index (κ2) is 7.54. The van der Waals surface area contributed by atoms with E-state index in [9.17, 15) is 4.79 Å². The lowest BCUT2D eigenvalue weighted by Crippen LogP contribution is -2.37. The van der Waals surface area contributed by atoms with Gasteiger partial charge in [0.15, 0.2) is 0 Å². The van der Waals surface area contributed by atoms with Crippen molar-refractivity contribution in [1.29, 1.82) is 0 Å². The van der Waals surface area contributed by atoms with Crippen LogP contribution in [0.5, 0.6) is 0 Å². The smallest absolute Gasteiger partial charge is 0.282 e. The Labute approximate surface area is 124 Å². The molecule has 0 bridgehead atoms. The van der Waals surface area contributed by atoms with Crippen LogP contribution in [0.25, 0.3) is 0 Å². The zero-order valence-corrected chi connectivity index (χ0v) is 13.0. The summed E-state index contributed by atoms with van der Waals surface area (Å²) in [7, 11) is 2.14. The summed E-state index contributed by atoms with van der Waals surface area (Å²) in [5.74, 6) is -0.133. The van der Waals surface area contributed by atoms with E-state index in [1.54, 1.807) is 0 Å². The van der Waals surface area contributed by atoms with Crippen molar-refractivity contribution in [3.63, 3.8) is 0 Å². The van der Waals surface area contributed by atoms with E-state index in [4.69, 9.17) is 0 Å². The number of hydrogen-bond acceptors (Lipinski definition) is 6. The summed E-state index contributed by atoms with van der Waals surface area (Å²) >= 11 is 1.29. The van der Waals surface area contributed by atoms with Crippen molar-refractivity contribution in [3.05, 3.63) is 5.01 Å². The Bertz CT molecular complexity index is 430. The third kappa shape index (κ3) is 4.14. The lowest BCUT2D eigenvalue weighted by atomic mass is 10.2. The van der Waals surface area contributed by atoms with E-state index in [1.165, 1.54) is 37.0 Å². The Morgan fingerprint density at radius 2 is 2.15 bits per heavy atom. The van der Waals surface area contributed by atoms with Gasteiger partial charge in [0.05, 0.1) is 0 Å². The van der Waals surface area contributed by atoms with Crippen molar-refractivity contribution in [3.8, 4) is 0 Å². The van der Waals surface area contributed by atoms with Crippen molar-refractivity contribution < 1.29 is 4.79 Å². The Balaban J connectivity index is 1.71. The van der Waals surface area contributed by atoms with Crippen LogP contribution in [0.3, 0.4) is 0 Å². The van der Waals surface area contributed by atoms with Gasteiger partial charge in [-0.25, -0.2) is 0 Å². The minimum atomic E-state index is -0.133. The first-order chi connectivity index (χ1) is 9.70. The largest absolute Gasteiger partial charge is 0.360 e. The van der Waals surface area contributed by atoms with E-state index >= 15 is 0 Å². The summed E-state index contributed by atoms with van der Waals surface area (Å²) in [4.78, 5) is 14.3. The number of anilines is 1. The van der Waals surface area contributed by atoms with Crippen LogP contribution in [0.1, 0.15) is 42.4 Å². The number of likely N-dealkylation sites (N-methyl/N-ethyl adjacent to an activating group) is 1. The van der Waals surface area contributed by atoms with E-state index in [-0.39, 0.29) is 5.91 Å². The minimum absolute atomic E-state index is 0.133. The van der Waals surface area contributed by atoms with Gasteiger partial charge in [-0.1, -0.05) is 24.2 Å². The molecule has 1 aromatic heterocycles. The maximum Gasteiger partial charge on any atom is 0.282 e. The molecule has 0 aliphatic heterocycles. The van der Waals surface area contributed by atoms with Gasteiger partial charge in [0, 0.05) is 25.7 Å². The SMILES string of the molecule is CCNc1nnc(C(=O)NCCN(C)C2CCCC2)s1. The highest BCUT2D eigenvalue weighted by molar-refractivity contribution is 7.17. The standard InChI is InChI=1S/C13H23N5OS/c1-3-14-13-17-16-12(20-13)11(19)15-8-9-18(2)10-6-4-5-7-10/h10H,3-9H2,1-2H3,(H,14,17)(H,15,19). The first-order valence-electron chi connectivity index (χ1n) is 7.26. The molecule has 20 heavy (non-hydrogen) atoms. The number of nitrogens with zero attached hydrogens (tertiary/aromatic N) is 3. The number of rotatable bonds is 7. The first kappa shape index (κ1) is 15.2. The van der Waals surface area contributed by atoms with Gasteiger partial charge < -0.3 is 15.5 Å². The first-order valence-corrected chi connectivity index (χ1v) is 8.08. The average molecular weight is 297 g/mol. The van der Waals surface area contributed by atoms with Gasteiger partial charge in [-0.2, -0.15) is 0 Å². The number of amides is 1. The molecule has 1 amide bonds. The maximum absolute atomic E-state index is 11.9. The highest BCUT2D eigenvalue weighted by Gasteiger charge is 2.19. The number of nitrogens with one attached hydrogen (secondary N) is 2. The number of carbonyl (C=O) groups excluding carboxylic acids is 1. The molecule has 2 rings (SSSR count).